The van der Waals surface area contributed by atoms with Gasteiger partial charge in [0.25, 0.3) is 11.8 Å². The first-order chi connectivity index (χ1) is 13.5. The summed E-state index contributed by atoms with van der Waals surface area (Å²) < 4.78 is 15.6. The molecule has 0 fully saturated rings. The lowest BCUT2D eigenvalue weighted by atomic mass is 10.2. The largest absolute Gasteiger partial charge is 0.484 e. The van der Waals surface area contributed by atoms with Crippen LogP contribution in [-0.4, -0.2) is 35.2 Å². The quantitative estimate of drug-likeness (QED) is 0.627. The summed E-state index contributed by atoms with van der Waals surface area (Å²) in [6.45, 7) is 3.61. The van der Waals surface area contributed by atoms with Gasteiger partial charge in [-0.2, -0.15) is 4.98 Å². The predicted octanol–water partition coefficient (Wildman–Crippen LogP) is 3.24. The summed E-state index contributed by atoms with van der Waals surface area (Å²) >= 11 is 0. The van der Waals surface area contributed by atoms with Crippen LogP contribution in [-0.2, 0) is 9.53 Å². The van der Waals surface area contributed by atoms with Crippen LogP contribution in [0.1, 0.15) is 23.1 Å². The lowest BCUT2D eigenvalue weighted by Gasteiger charge is -2.09. The maximum Gasteiger partial charge on any atom is 0.338 e. The van der Waals surface area contributed by atoms with Gasteiger partial charge in [-0.1, -0.05) is 11.2 Å². The fourth-order valence-electron chi connectivity index (χ4n) is 2.38. The van der Waals surface area contributed by atoms with Gasteiger partial charge in [0.1, 0.15) is 5.75 Å². The van der Waals surface area contributed by atoms with Gasteiger partial charge in [-0.25, -0.2) is 4.79 Å². The third-order valence-corrected chi connectivity index (χ3v) is 3.66. The number of amides is 1. The van der Waals surface area contributed by atoms with Gasteiger partial charge in [-0.05, 0) is 56.3 Å². The molecule has 0 aliphatic carbocycles. The average molecular weight is 381 g/mol. The smallest absolute Gasteiger partial charge is 0.338 e. The highest BCUT2D eigenvalue weighted by atomic mass is 16.5. The van der Waals surface area contributed by atoms with E-state index in [2.05, 4.69) is 15.5 Å². The molecule has 8 nitrogen and oxygen atoms in total. The standard InChI is InChI=1S/C20H19N3O5/c1-3-26-20(25)14-7-9-16(10-8-14)22-18(24)12-27-17-6-4-5-15(11-17)19-21-13(2)23-28-19/h4-11H,3,12H2,1-2H3,(H,22,24). The van der Waals surface area contributed by atoms with Gasteiger partial charge < -0.3 is 19.3 Å². The summed E-state index contributed by atoms with van der Waals surface area (Å²) in [4.78, 5) is 27.9. The molecule has 0 spiro atoms. The first-order valence-electron chi connectivity index (χ1n) is 8.65. The Labute approximate surface area is 161 Å². The van der Waals surface area contributed by atoms with E-state index in [0.29, 0.717) is 40.9 Å². The number of esters is 1. The zero-order chi connectivity index (χ0) is 19.9. The molecule has 28 heavy (non-hydrogen) atoms. The van der Waals surface area contributed by atoms with Crippen LogP contribution in [0.3, 0.4) is 0 Å². The molecule has 1 aromatic heterocycles. The molecule has 0 aliphatic rings. The molecule has 0 bridgehead atoms. The first-order valence-corrected chi connectivity index (χ1v) is 8.65. The SMILES string of the molecule is CCOC(=O)c1ccc(NC(=O)COc2cccc(-c3nc(C)no3)c2)cc1. The van der Waals surface area contributed by atoms with Crippen LogP contribution in [0.2, 0.25) is 0 Å². The number of nitrogens with zero attached hydrogens (tertiary/aromatic N) is 2. The van der Waals surface area contributed by atoms with Crippen LogP contribution in [0.15, 0.2) is 53.1 Å². The third kappa shape index (κ3) is 4.94. The Hall–Kier alpha value is -3.68. The van der Waals surface area contributed by atoms with Crippen molar-refractivity contribution in [2.45, 2.75) is 13.8 Å². The lowest BCUT2D eigenvalue weighted by molar-refractivity contribution is -0.118. The highest BCUT2D eigenvalue weighted by Crippen LogP contribution is 2.22. The number of anilines is 1. The van der Waals surface area contributed by atoms with Gasteiger partial charge in [0, 0.05) is 11.3 Å². The van der Waals surface area contributed by atoms with Gasteiger partial charge in [-0.15, -0.1) is 0 Å². The fourth-order valence-corrected chi connectivity index (χ4v) is 2.38. The summed E-state index contributed by atoms with van der Waals surface area (Å²) in [6.07, 6.45) is 0. The molecule has 1 amide bonds. The Morgan fingerprint density at radius 3 is 2.61 bits per heavy atom. The second-order valence-corrected chi connectivity index (χ2v) is 5.81. The summed E-state index contributed by atoms with van der Waals surface area (Å²) in [5.41, 5.74) is 1.67. The van der Waals surface area contributed by atoms with Crippen LogP contribution < -0.4 is 10.1 Å². The van der Waals surface area contributed by atoms with Crippen LogP contribution >= 0.6 is 0 Å². The van der Waals surface area contributed by atoms with E-state index in [1.165, 1.54) is 0 Å². The van der Waals surface area contributed by atoms with Crippen molar-refractivity contribution in [1.82, 2.24) is 10.1 Å². The minimum atomic E-state index is -0.403. The molecule has 0 unspecified atom stereocenters. The highest BCUT2D eigenvalue weighted by Gasteiger charge is 2.10. The lowest BCUT2D eigenvalue weighted by Crippen LogP contribution is -2.20. The van der Waals surface area contributed by atoms with E-state index >= 15 is 0 Å². The highest BCUT2D eigenvalue weighted by molar-refractivity contribution is 5.93. The van der Waals surface area contributed by atoms with Crippen molar-refractivity contribution in [3.63, 3.8) is 0 Å². The molecule has 3 rings (SSSR count). The van der Waals surface area contributed by atoms with E-state index in [9.17, 15) is 9.59 Å². The molecule has 0 saturated carbocycles. The fraction of sp³-hybridized carbons (Fsp3) is 0.200. The topological polar surface area (TPSA) is 104 Å². The average Bonchev–Trinajstić information content (AvgIpc) is 3.14. The van der Waals surface area contributed by atoms with Gasteiger partial charge in [-0.3, -0.25) is 4.79 Å². The van der Waals surface area contributed by atoms with Gasteiger partial charge in [0.15, 0.2) is 12.4 Å². The number of carbonyl (C=O) groups is 2. The molecule has 0 radical (unpaired) electrons. The first kappa shape index (κ1) is 19.1. The number of benzene rings is 2. The van der Waals surface area contributed by atoms with Crippen molar-refractivity contribution >= 4 is 17.6 Å². The molecule has 144 valence electrons. The molecule has 3 aromatic rings. The van der Waals surface area contributed by atoms with Crippen molar-refractivity contribution in [2.75, 3.05) is 18.5 Å². The Bertz CT molecular complexity index is 966. The van der Waals surface area contributed by atoms with E-state index in [1.807, 2.05) is 6.07 Å². The number of hydrogen-bond donors (Lipinski definition) is 1. The van der Waals surface area contributed by atoms with Crippen LogP contribution in [0.4, 0.5) is 5.69 Å². The Kier molecular flexibility index (Phi) is 6.01. The zero-order valence-corrected chi connectivity index (χ0v) is 15.5. The normalized spacial score (nSPS) is 10.4. The molecule has 1 N–H and O–H groups in total. The van der Waals surface area contributed by atoms with Crippen molar-refractivity contribution in [3.05, 3.63) is 59.9 Å². The zero-order valence-electron chi connectivity index (χ0n) is 15.5. The predicted molar refractivity (Wildman–Crippen MR) is 101 cm³/mol. The van der Waals surface area contributed by atoms with Gasteiger partial charge in [0.05, 0.1) is 12.2 Å². The molecule has 0 aliphatic heterocycles. The summed E-state index contributed by atoms with van der Waals surface area (Å²) in [7, 11) is 0. The molecule has 0 atom stereocenters. The number of carbonyl (C=O) groups excluding carboxylic acids is 2. The van der Waals surface area contributed by atoms with E-state index in [-0.39, 0.29) is 12.5 Å². The molecular weight excluding hydrogens is 362 g/mol. The maximum absolute atomic E-state index is 12.1. The number of ether oxygens (including phenoxy) is 2. The van der Waals surface area contributed by atoms with Crippen LogP contribution in [0.25, 0.3) is 11.5 Å². The Morgan fingerprint density at radius 1 is 1.14 bits per heavy atom. The number of rotatable bonds is 7. The van der Waals surface area contributed by atoms with Crippen molar-refractivity contribution in [2.24, 2.45) is 0 Å². The second-order valence-electron chi connectivity index (χ2n) is 5.81. The van der Waals surface area contributed by atoms with E-state index in [0.717, 1.165) is 0 Å². The molecular formula is C20H19N3O5. The summed E-state index contributed by atoms with van der Waals surface area (Å²) in [5, 5.41) is 6.45. The van der Waals surface area contributed by atoms with E-state index < -0.39 is 5.97 Å². The van der Waals surface area contributed by atoms with Crippen LogP contribution in [0, 0.1) is 6.92 Å². The number of nitrogens with one attached hydrogen (secondary N) is 1. The molecule has 1 heterocycles. The van der Waals surface area contributed by atoms with Crippen molar-refractivity contribution < 1.29 is 23.6 Å². The van der Waals surface area contributed by atoms with Crippen molar-refractivity contribution in [1.29, 1.82) is 0 Å². The molecule has 8 heteroatoms. The molecule has 0 saturated heterocycles. The minimum Gasteiger partial charge on any atom is -0.484 e. The summed E-state index contributed by atoms with van der Waals surface area (Å²) in [5.74, 6) is 0.688. The van der Waals surface area contributed by atoms with E-state index in [4.69, 9.17) is 14.0 Å². The van der Waals surface area contributed by atoms with Gasteiger partial charge >= 0.3 is 5.97 Å². The maximum atomic E-state index is 12.1. The molecule has 2 aromatic carbocycles. The number of hydrogen-bond acceptors (Lipinski definition) is 7. The monoisotopic (exact) mass is 381 g/mol. The van der Waals surface area contributed by atoms with E-state index in [1.54, 1.807) is 56.3 Å². The van der Waals surface area contributed by atoms with Crippen molar-refractivity contribution in [3.8, 4) is 17.2 Å². The summed E-state index contributed by atoms with van der Waals surface area (Å²) in [6, 6.07) is 13.5. The number of aryl methyl sites for hydroxylation is 1. The third-order valence-electron chi connectivity index (χ3n) is 3.66. The Balaban J connectivity index is 1.55. The Morgan fingerprint density at radius 2 is 1.93 bits per heavy atom. The number of aromatic nitrogens is 2. The second kappa shape index (κ2) is 8.81. The minimum absolute atomic E-state index is 0.175. The van der Waals surface area contributed by atoms with Gasteiger partial charge in [0.2, 0.25) is 0 Å². The van der Waals surface area contributed by atoms with Crippen LogP contribution in [0.5, 0.6) is 5.75 Å².